The van der Waals surface area contributed by atoms with Crippen LogP contribution in [0, 0.1) is 0 Å². The molecule has 3 nitrogen and oxygen atoms in total. The van der Waals surface area contributed by atoms with Gasteiger partial charge >= 0.3 is 0 Å². The van der Waals surface area contributed by atoms with Crippen LogP contribution in [0.2, 0.25) is 0 Å². The third kappa shape index (κ3) is 2.30. The van der Waals surface area contributed by atoms with Crippen LogP contribution in [0.3, 0.4) is 0 Å². The number of benzene rings is 1. The van der Waals surface area contributed by atoms with E-state index in [4.69, 9.17) is 9.47 Å². The zero-order valence-corrected chi connectivity index (χ0v) is 10.1. The van der Waals surface area contributed by atoms with E-state index in [-0.39, 0.29) is 0 Å². The van der Waals surface area contributed by atoms with Crippen molar-refractivity contribution in [3.05, 3.63) is 23.3 Å². The molecule has 1 aliphatic rings. The Morgan fingerprint density at radius 3 is 3.00 bits per heavy atom. The molecule has 0 fully saturated rings. The maximum absolute atomic E-state index is 5.77. The van der Waals surface area contributed by atoms with E-state index >= 15 is 0 Å². The quantitative estimate of drug-likeness (QED) is 0.835. The highest BCUT2D eigenvalue weighted by Crippen LogP contribution is 2.33. The lowest BCUT2D eigenvalue weighted by Crippen LogP contribution is -2.60. The van der Waals surface area contributed by atoms with Crippen molar-refractivity contribution < 1.29 is 15.2 Å². The number of hydrogen-bond donors (Lipinski definition) is 1. The Hall–Kier alpha value is -1.22. The minimum absolute atomic E-state index is 0.390. The fourth-order valence-electron chi connectivity index (χ4n) is 2.18. The first kappa shape index (κ1) is 11.3. The lowest BCUT2D eigenvalue weighted by molar-refractivity contribution is -0.413. The van der Waals surface area contributed by atoms with E-state index in [0.717, 1.165) is 37.4 Å². The molecule has 0 spiro atoms. The van der Waals surface area contributed by atoms with Crippen molar-refractivity contribution >= 4 is 0 Å². The molecular formula is C13H20NO2+. The molecule has 0 saturated heterocycles. The fourth-order valence-corrected chi connectivity index (χ4v) is 2.18. The third-order valence-corrected chi connectivity index (χ3v) is 2.86. The molecule has 2 rings (SSSR count). The van der Waals surface area contributed by atoms with E-state index in [1.165, 1.54) is 11.1 Å². The first-order valence-corrected chi connectivity index (χ1v) is 5.86. The molecule has 88 valence electrons. The summed E-state index contributed by atoms with van der Waals surface area (Å²) in [5, 5.41) is 0. The van der Waals surface area contributed by atoms with E-state index in [1.807, 2.05) is 0 Å². The van der Waals surface area contributed by atoms with E-state index < -0.39 is 0 Å². The third-order valence-electron chi connectivity index (χ3n) is 2.86. The van der Waals surface area contributed by atoms with Gasteiger partial charge < -0.3 is 15.2 Å². The molecule has 1 aromatic carbocycles. The largest absolute Gasteiger partial charge is 0.497 e. The van der Waals surface area contributed by atoms with Gasteiger partial charge in [-0.25, -0.2) is 0 Å². The average molecular weight is 222 g/mol. The van der Waals surface area contributed by atoms with Crippen molar-refractivity contribution in [1.29, 1.82) is 0 Å². The van der Waals surface area contributed by atoms with E-state index in [9.17, 15) is 0 Å². The molecule has 16 heavy (non-hydrogen) atoms. The van der Waals surface area contributed by atoms with Gasteiger partial charge in [-0.05, 0) is 37.5 Å². The van der Waals surface area contributed by atoms with Crippen LogP contribution in [0.1, 0.15) is 24.5 Å². The minimum atomic E-state index is 0.390. The SMILES string of the molecule is COc1cc2c(c(CC(C)[NH3+])c1)OCCC2. The second kappa shape index (κ2) is 4.74. The summed E-state index contributed by atoms with van der Waals surface area (Å²) < 4.78 is 11.1. The Kier molecular flexibility index (Phi) is 3.34. The first-order valence-electron chi connectivity index (χ1n) is 5.86. The van der Waals surface area contributed by atoms with Crippen molar-refractivity contribution in [1.82, 2.24) is 0 Å². The van der Waals surface area contributed by atoms with Crippen molar-refractivity contribution in [3.8, 4) is 11.5 Å². The lowest BCUT2D eigenvalue weighted by atomic mass is 9.98. The summed E-state index contributed by atoms with van der Waals surface area (Å²) in [7, 11) is 1.71. The summed E-state index contributed by atoms with van der Waals surface area (Å²) in [5.74, 6) is 2.00. The van der Waals surface area contributed by atoms with Gasteiger partial charge in [0.25, 0.3) is 0 Å². The Balaban J connectivity index is 2.39. The van der Waals surface area contributed by atoms with Crippen LogP contribution in [-0.4, -0.2) is 19.8 Å². The smallest absolute Gasteiger partial charge is 0.126 e. The van der Waals surface area contributed by atoms with Crippen LogP contribution >= 0.6 is 0 Å². The van der Waals surface area contributed by atoms with Gasteiger partial charge in [0.1, 0.15) is 11.5 Å². The van der Waals surface area contributed by atoms with Crippen molar-refractivity contribution in [2.75, 3.05) is 13.7 Å². The molecule has 0 saturated carbocycles. The molecule has 0 aliphatic carbocycles. The number of quaternary nitrogens is 1. The first-order chi connectivity index (χ1) is 7.70. The molecule has 0 aromatic heterocycles. The molecule has 3 N–H and O–H groups in total. The molecule has 0 radical (unpaired) electrons. The molecule has 0 bridgehead atoms. The molecule has 1 heterocycles. The van der Waals surface area contributed by atoms with Gasteiger partial charge in [0.15, 0.2) is 0 Å². The highest BCUT2D eigenvalue weighted by molar-refractivity contribution is 5.48. The van der Waals surface area contributed by atoms with E-state index in [1.54, 1.807) is 7.11 Å². The van der Waals surface area contributed by atoms with Crippen molar-refractivity contribution in [2.24, 2.45) is 0 Å². The summed E-state index contributed by atoms with van der Waals surface area (Å²) in [6.07, 6.45) is 3.13. The zero-order valence-electron chi connectivity index (χ0n) is 10.1. The standard InChI is InChI=1S/C13H19NO2/c1-9(14)6-11-8-12(15-2)7-10-4-3-5-16-13(10)11/h7-9H,3-6,14H2,1-2H3/p+1. The average Bonchev–Trinajstić information content (AvgIpc) is 2.28. The van der Waals surface area contributed by atoms with Gasteiger partial charge in [-0.1, -0.05) is 0 Å². The number of fused-ring (bicyclic) bond motifs is 1. The Bertz CT molecular complexity index is 374. The molecule has 3 heteroatoms. The summed E-state index contributed by atoms with van der Waals surface area (Å²) in [5.41, 5.74) is 6.55. The highest BCUT2D eigenvalue weighted by Gasteiger charge is 2.17. The minimum Gasteiger partial charge on any atom is -0.497 e. The number of aryl methyl sites for hydroxylation is 1. The maximum Gasteiger partial charge on any atom is 0.126 e. The second-order valence-corrected chi connectivity index (χ2v) is 4.54. The number of methoxy groups -OCH3 is 1. The van der Waals surface area contributed by atoms with Gasteiger partial charge in [0.2, 0.25) is 0 Å². The zero-order chi connectivity index (χ0) is 11.5. The predicted molar refractivity (Wildman–Crippen MR) is 62.9 cm³/mol. The summed E-state index contributed by atoms with van der Waals surface area (Å²) in [4.78, 5) is 0. The van der Waals surface area contributed by atoms with Gasteiger partial charge in [0, 0.05) is 12.0 Å². The van der Waals surface area contributed by atoms with Gasteiger partial charge in [-0.2, -0.15) is 0 Å². The van der Waals surface area contributed by atoms with Crippen LogP contribution in [0.5, 0.6) is 11.5 Å². The molecular weight excluding hydrogens is 202 g/mol. The van der Waals surface area contributed by atoms with Crippen LogP contribution in [0.4, 0.5) is 0 Å². The maximum atomic E-state index is 5.77. The molecule has 1 aliphatic heterocycles. The molecule has 1 aromatic rings. The van der Waals surface area contributed by atoms with Crippen LogP contribution < -0.4 is 15.2 Å². The molecule has 0 amide bonds. The summed E-state index contributed by atoms with van der Waals surface area (Å²) in [6.45, 7) is 2.95. The summed E-state index contributed by atoms with van der Waals surface area (Å²) in [6, 6.07) is 4.55. The van der Waals surface area contributed by atoms with Gasteiger partial charge in [0.05, 0.1) is 19.8 Å². The molecule has 1 unspecified atom stereocenters. The molecule has 1 atom stereocenters. The van der Waals surface area contributed by atoms with Crippen LogP contribution in [-0.2, 0) is 12.8 Å². The van der Waals surface area contributed by atoms with Crippen LogP contribution in [0.15, 0.2) is 12.1 Å². The number of ether oxygens (including phenoxy) is 2. The number of rotatable bonds is 3. The second-order valence-electron chi connectivity index (χ2n) is 4.54. The monoisotopic (exact) mass is 222 g/mol. The fraction of sp³-hybridized carbons (Fsp3) is 0.538. The lowest BCUT2D eigenvalue weighted by Gasteiger charge is -2.21. The Morgan fingerprint density at radius 1 is 1.50 bits per heavy atom. The van der Waals surface area contributed by atoms with Gasteiger partial charge in [-0.15, -0.1) is 0 Å². The summed E-state index contributed by atoms with van der Waals surface area (Å²) >= 11 is 0. The van der Waals surface area contributed by atoms with Crippen LogP contribution in [0.25, 0.3) is 0 Å². The van der Waals surface area contributed by atoms with Crippen molar-refractivity contribution in [2.45, 2.75) is 32.2 Å². The highest BCUT2D eigenvalue weighted by atomic mass is 16.5. The Labute approximate surface area is 96.5 Å². The number of hydrogen-bond acceptors (Lipinski definition) is 2. The van der Waals surface area contributed by atoms with E-state index in [2.05, 4.69) is 24.8 Å². The van der Waals surface area contributed by atoms with E-state index in [0.29, 0.717) is 6.04 Å². The predicted octanol–water partition coefficient (Wildman–Crippen LogP) is 1.19. The van der Waals surface area contributed by atoms with Gasteiger partial charge in [-0.3, -0.25) is 0 Å². The normalized spacial score (nSPS) is 16.2. The Morgan fingerprint density at radius 2 is 2.31 bits per heavy atom. The topological polar surface area (TPSA) is 46.1 Å². The van der Waals surface area contributed by atoms with Crippen molar-refractivity contribution in [3.63, 3.8) is 0 Å².